The number of benzene rings is 8. The fourth-order valence-electron chi connectivity index (χ4n) is 9.32. The van der Waals surface area contributed by atoms with Crippen LogP contribution in [0.25, 0.3) is 40.0 Å². The Morgan fingerprint density at radius 2 is 0.952 bits per heavy atom. The second-order valence-corrected chi connectivity index (χ2v) is 18.5. The Morgan fingerprint density at radius 3 is 1.47 bits per heavy atom. The second-order valence-electron chi connectivity index (χ2n) is 18.5. The van der Waals surface area contributed by atoms with Gasteiger partial charge in [-0.1, -0.05) is 146 Å². The molecule has 12 nitrogen and oxygen atoms in total. The molecule has 12 rings (SSSR count). The number of hydrogen-bond acceptors (Lipinski definition) is 11. The van der Waals surface area contributed by atoms with Crippen LogP contribution in [0, 0.1) is 5.41 Å². The van der Waals surface area contributed by atoms with Gasteiger partial charge in [0.2, 0.25) is 0 Å². The fourth-order valence-corrected chi connectivity index (χ4v) is 9.32. The number of fused-ring (bicyclic) bond motifs is 5. The standard InChI is InChI=1S/C25H20N2O.C18H16O2.C10H10O.C8H8O2.C7H8N2.CH4O.ClH.K.H2O/c1-28-20-14-11-18(12-15-20)23-22-16-13-17-7-5-6-10-21(17)24(22)27-25(26-23)19-8-3-2-4-9-19;1-20-16-10-6-13(7-11-16)12-15-9-8-14-4-2-3-5-17(14)18(15)19;11-10-7-3-5-8-4-1-2-6-9(8)10;1-10-8-4-2-7(6-9)3-5-8;8-7(9)6-4-2-1-3-5-6;1-2;;;/h2-12,14-15H,13,16H2,1H3;2-7,10-12H,8-9H2,1H3;1-2,4,6H,3,5,7H2;2-6H,1H3;1-5H,(H3,8,9);2H,1H3;1H;;1H2/q;;;;;;;+1;/p-1/b;15-12+;;;;;;;. The van der Waals surface area contributed by atoms with E-state index in [0.717, 1.165) is 137 Å². The minimum Gasteiger partial charge on any atom is -0.870 e. The Balaban J connectivity index is 0.000000235. The van der Waals surface area contributed by atoms with Gasteiger partial charge in [0.1, 0.15) is 29.4 Å². The number of amidine groups is 1. The molecule has 3 aliphatic rings. The quantitative estimate of drug-likeness (QED) is 0.0429. The van der Waals surface area contributed by atoms with Crippen LogP contribution in [0.4, 0.5) is 0 Å². The second kappa shape index (κ2) is 35.3. The van der Waals surface area contributed by atoms with Gasteiger partial charge in [-0.3, -0.25) is 19.8 Å². The molecule has 0 saturated carbocycles. The minimum absolute atomic E-state index is 0. The number of nitrogens with zero attached hydrogens (tertiary/aromatic N) is 2. The van der Waals surface area contributed by atoms with E-state index in [0.29, 0.717) is 11.3 Å². The number of nitrogens with one attached hydrogen (secondary N) is 1. The van der Waals surface area contributed by atoms with E-state index in [1.54, 1.807) is 45.6 Å². The number of methoxy groups -OCH3 is 3. The molecule has 3 aliphatic carbocycles. The van der Waals surface area contributed by atoms with Crippen LogP contribution in [0.5, 0.6) is 17.2 Å². The summed E-state index contributed by atoms with van der Waals surface area (Å²) in [6.07, 6.45) is 9.32. The zero-order valence-corrected chi connectivity index (χ0v) is 51.4. The molecule has 14 heteroatoms. The van der Waals surface area contributed by atoms with Crippen molar-refractivity contribution in [1.82, 2.24) is 9.97 Å². The first-order valence-electron chi connectivity index (χ1n) is 26.4. The molecule has 83 heavy (non-hydrogen) atoms. The molecule has 0 atom stereocenters. The maximum Gasteiger partial charge on any atom is 1.00 e. The molecule has 0 aliphatic heterocycles. The summed E-state index contributed by atoms with van der Waals surface area (Å²) in [5.41, 5.74) is 20.7. The fraction of sp³-hybridized carbons (Fsp3) is 0.159. The number of Topliss-reactive ketones (excluding diaryl/α,β-unsaturated/α-hetero) is 2. The summed E-state index contributed by atoms with van der Waals surface area (Å²) in [5, 5.41) is 14.0. The van der Waals surface area contributed by atoms with Crippen molar-refractivity contribution in [1.29, 1.82) is 5.41 Å². The van der Waals surface area contributed by atoms with Gasteiger partial charge in [0.15, 0.2) is 17.4 Å². The van der Waals surface area contributed by atoms with E-state index in [-0.39, 0.29) is 80.9 Å². The molecule has 0 unspecified atom stereocenters. The number of nitrogen functional groups attached to an aromatic ring is 1. The Labute approximate surface area is 535 Å². The van der Waals surface area contributed by atoms with Crippen molar-refractivity contribution in [3.63, 3.8) is 0 Å². The number of ketones is 2. The van der Waals surface area contributed by atoms with Crippen molar-refractivity contribution in [2.45, 2.75) is 44.9 Å². The van der Waals surface area contributed by atoms with E-state index >= 15 is 0 Å². The summed E-state index contributed by atoms with van der Waals surface area (Å²) < 4.78 is 15.4. The van der Waals surface area contributed by atoms with Gasteiger partial charge >= 0.3 is 51.4 Å². The van der Waals surface area contributed by atoms with Gasteiger partial charge in [0.25, 0.3) is 0 Å². The van der Waals surface area contributed by atoms with Crippen LogP contribution in [0.2, 0.25) is 0 Å². The number of allylic oxidation sites excluding steroid dienone is 1. The molecule has 1 aromatic heterocycles. The third-order valence-corrected chi connectivity index (χ3v) is 13.5. The first kappa shape index (κ1) is 67.8. The van der Waals surface area contributed by atoms with Crippen LogP contribution in [0.1, 0.15) is 83.7 Å². The smallest absolute Gasteiger partial charge is 0.870 e. The molecular formula is C69H68ClKN4O8. The molecule has 0 saturated heterocycles. The van der Waals surface area contributed by atoms with Crippen molar-refractivity contribution in [2.75, 3.05) is 28.4 Å². The first-order chi connectivity index (χ1) is 39.2. The van der Waals surface area contributed by atoms with Crippen molar-refractivity contribution < 1.29 is 90.6 Å². The maximum absolute atomic E-state index is 12.5. The molecule has 0 radical (unpaired) electrons. The maximum atomic E-state index is 12.5. The van der Waals surface area contributed by atoms with E-state index < -0.39 is 0 Å². The normalized spacial score (nSPS) is 12.2. The van der Waals surface area contributed by atoms with E-state index in [1.807, 2.05) is 140 Å². The van der Waals surface area contributed by atoms with Gasteiger partial charge < -0.3 is 30.5 Å². The number of ether oxygens (including phenoxy) is 3. The predicted octanol–water partition coefficient (Wildman–Crippen LogP) is 11.0. The molecular weight excluding hydrogens is 1090 g/mol. The number of aromatic nitrogens is 2. The molecule has 5 N–H and O–H groups in total. The number of halogens is 1. The van der Waals surface area contributed by atoms with Gasteiger partial charge in [-0.2, -0.15) is 0 Å². The molecule has 9 aromatic rings. The van der Waals surface area contributed by atoms with E-state index in [9.17, 15) is 14.4 Å². The van der Waals surface area contributed by atoms with Crippen LogP contribution in [-0.2, 0) is 25.7 Å². The number of hydrogen-bond donors (Lipinski definition) is 3. The number of aliphatic hydroxyl groups excluding tert-OH is 1. The third-order valence-electron chi connectivity index (χ3n) is 13.5. The molecule has 0 bridgehead atoms. The van der Waals surface area contributed by atoms with E-state index in [1.165, 1.54) is 22.3 Å². The van der Waals surface area contributed by atoms with Crippen LogP contribution in [0.15, 0.2) is 212 Å². The third kappa shape index (κ3) is 18.9. The Hall–Kier alpha value is -7.69. The average molecular weight is 1160 g/mol. The van der Waals surface area contributed by atoms with Gasteiger partial charge in [0.05, 0.1) is 32.7 Å². The SMILES string of the molecule is CO.COc1ccc(-c2nc(-c3ccccc3)nc3c2CCc2ccccc2-3)cc1.COc1ccc(/C=C2\CCc3ccccc3C2=O)cc1.COc1ccc(C=O)cc1.Cl.N=C(N)c1ccccc1.O=C1CCCc2ccccc21.[K+].[OH-]. The van der Waals surface area contributed by atoms with Crippen LogP contribution in [-0.4, -0.2) is 72.7 Å². The Kier molecular flexibility index (Phi) is 28.9. The first-order valence-corrected chi connectivity index (χ1v) is 26.4. The monoisotopic (exact) mass is 1150 g/mol. The average Bonchev–Trinajstić information content (AvgIpc) is 3.47. The summed E-state index contributed by atoms with van der Waals surface area (Å²) in [5.74, 6) is 3.80. The number of rotatable bonds is 8. The zero-order valence-electron chi connectivity index (χ0n) is 47.5. The van der Waals surface area contributed by atoms with E-state index in [4.69, 9.17) is 40.4 Å². The molecule has 0 fully saturated rings. The van der Waals surface area contributed by atoms with Gasteiger partial charge in [-0.15, -0.1) is 12.4 Å². The molecule has 0 spiro atoms. The van der Waals surface area contributed by atoms with Crippen molar-refractivity contribution in [3.05, 3.63) is 262 Å². The number of carbonyl (C=O) groups is 3. The number of aryl methyl sites for hydroxylation is 3. The summed E-state index contributed by atoms with van der Waals surface area (Å²) in [4.78, 5) is 43.9. The van der Waals surface area contributed by atoms with Gasteiger partial charge in [-0.05, 0) is 128 Å². The number of aldehydes is 1. The molecule has 8 aromatic carbocycles. The minimum atomic E-state index is 0. The number of nitrogens with two attached hydrogens (primary N) is 1. The van der Waals surface area contributed by atoms with Crippen LogP contribution < -0.4 is 71.3 Å². The molecule has 0 amide bonds. The Morgan fingerprint density at radius 1 is 0.506 bits per heavy atom. The van der Waals surface area contributed by atoms with Gasteiger partial charge in [-0.25, -0.2) is 9.97 Å². The number of aliphatic hydroxyl groups is 1. The summed E-state index contributed by atoms with van der Waals surface area (Å²) in [7, 11) is 5.93. The molecule has 420 valence electrons. The van der Waals surface area contributed by atoms with E-state index in [2.05, 4.69) is 48.5 Å². The molecule has 1 heterocycles. The Bertz CT molecular complexity index is 3530. The summed E-state index contributed by atoms with van der Waals surface area (Å²) >= 11 is 0. The van der Waals surface area contributed by atoms with Crippen LogP contribution in [0.3, 0.4) is 0 Å². The summed E-state index contributed by atoms with van der Waals surface area (Å²) in [6, 6.07) is 66.6. The van der Waals surface area contributed by atoms with Crippen molar-refractivity contribution >= 4 is 42.2 Å². The largest absolute Gasteiger partial charge is 1.00 e. The van der Waals surface area contributed by atoms with Gasteiger partial charge in [0, 0.05) is 63.6 Å². The van der Waals surface area contributed by atoms with Crippen molar-refractivity contribution in [3.8, 4) is 51.2 Å². The zero-order chi connectivity index (χ0) is 56.6. The number of carbonyl (C=O) groups excluding carboxylic acids is 3. The van der Waals surface area contributed by atoms with Crippen molar-refractivity contribution in [2.24, 2.45) is 5.73 Å². The summed E-state index contributed by atoms with van der Waals surface area (Å²) in [6.45, 7) is 0. The predicted molar refractivity (Wildman–Crippen MR) is 329 cm³/mol. The van der Waals surface area contributed by atoms with Crippen LogP contribution >= 0.6 is 12.4 Å². The topological polar surface area (TPSA) is 205 Å².